The van der Waals surface area contributed by atoms with E-state index in [0.717, 1.165) is 23.4 Å². The predicted octanol–water partition coefficient (Wildman–Crippen LogP) is 3.11. The van der Waals surface area contributed by atoms with Crippen molar-refractivity contribution >= 4 is 5.69 Å². The maximum absolute atomic E-state index is 13.0. The molecule has 1 unspecified atom stereocenters. The normalized spacial score (nSPS) is 16.0. The van der Waals surface area contributed by atoms with E-state index in [4.69, 9.17) is 5.73 Å². The topological polar surface area (TPSA) is 49.5 Å². The third kappa shape index (κ3) is 3.84. The Hall–Kier alpha value is -1.91. The molecule has 0 aliphatic heterocycles. The second-order valence-electron chi connectivity index (χ2n) is 5.97. The van der Waals surface area contributed by atoms with E-state index in [2.05, 4.69) is 11.0 Å². The zero-order valence-corrected chi connectivity index (χ0v) is 12.5. The molecule has 1 saturated carbocycles. The summed E-state index contributed by atoms with van der Waals surface area (Å²) in [5, 5.41) is 10.4. The standard InChI is InChI=1S/C18H21FN2O/c19-15-6-4-14(5-7-15)18(22)12-21(17-8-9-17)11-13-2-1-3-16(20)10-13/h1-7,10,17-18,22H,8-9,11-12,20H2. The molecule has 2 aromatic rings. The second-order valence-corrected chi connectivity index (χ2v) is 5.97. The van der Waals surface area contributed by atoms with E-state index in [1.165, 1.54) is 25.0 Å². The SMILES string of the molecule is Nc1cccc(CN(CC(O)c2ccc(F)cc2)C2CC2)c1. The summed E-state index contributed by atoms with van der Waals surface area (Å²) in [6.07, 6.45) is 1.72. The molecule has 0 bridgehead atoms. The van der Waals surface area contributed by atoms with E-state index < -0.39 is 6.10 Å². The first-order valence-corrected chi connectivity index (χ1v) is 7.64. The Morgan fingerprint density at radius 2 is 1.91 bits per heavy atom. The molecule has 3 nitrogen and oxygen atoms in total. The zero-order chi connectivity index (χ0) is 15.5. The molecule has 0 aromatic heterocycles. The number of halogens is 1. The lowest BCUT2D eigenvalue weighted by atomic mass is 10.1. The lowest BCUT2D eigenvalue weighted by molar-refractivity contribution is 0.104. The minimum Gasteiger partial charge on any atom is -0.399 e. The average molecular weight is 300 g/mol. The molecule has 0 saturated heterocycles. The molecule has 1 aliphatic carbocycles. The van der Waals surface area contributed by atoms with Gasteiger partial charge in [0, 0.05) is 24.8 Å². The smallest absolute Gasteiger partial charge is 0.123 e. The molecule has 3 rings (SSSR count). The van der Waals surface area contributed by atoms with Gasteiger partial charge in [-0.2, -0.15) is 0 Å². The Morgan fingerprint density at radius 1 is 1.18 bits per heavy atom. The summed E-state index contributed by atoms with van der Waals surface area (Å²) in [6, 6.07) is 14.4. The third-order valence-electron chi connectivity index (χ3n) is 4.06. The van der Waals surface area contributed by atoms with Crippen molar-refractivity contribution in [3.05, 3.63) is 65.5 Å². The molecular formula is C18H21FN2O. The van der Waals surface area contributed by atoms with Gasteiger partial charge in [-0.25, -0.2) is 4.39 Å². The van der Waals surface area contributed by atoms with Crippen molar-refractivity contribution in [2.75, 3.05) is 12.3 Å². The number of nitrogen functional groups attached to an aromatic ring is 1. The van der Waals surface area contributed by atoms with Gasteiger partial charge in [0.2, 0.25) is 0 Å². The summed E-state index contributed by atoms with van der Waals surface area (Å²) in [4.78, 5) is 2.28. The number of nitrogens with zero attached hydrogens (tertiary/aromatic N) is 1. The van der Waals surface area contributed by atoms with Gasteiger partial charge in [0.15, 0.2) is 0 Å². The first-order valence-electron chi connectivity index (χ1n) is 7.64. The van der Waals surface area contributed by atoms with E-state index in [0.29, 0.717) is 12.6 Å². The molecule has 0 radical (unpaired) electrons. The van der Waals surface area contributed by atoms with Gasteiger partial charge in [-0.1, -0.05) is 24.3 Å². The Balaban J connectivity index is 1.68. The van der Waals surface area contributed by atoms with E-state index in [1.807, 2.05) is 18.2 Å². The summed E-state index contributed by atoms with van der Waals surface area (Å²) in [5.74, 6) is -0.283. The highest BCUT2D eigenvalue weighted by Crippen LogP contribution is 2.30. The Kier molecular flexibility index (Phi) is 4.41. The predicted molar refractivity (Wildman–Crippen MR) is 85.6 cm³/mol. The monoisotopic (exact) mass is 300 g/mol. The van der Waals surface area contributed by atoms with E-state index in [9.17, 15) is 9.50 Å². The fraction of sp³-hybridized carbons (Fsp3) is 0.333. The van der Waals surface area contributed by atoms with Gasteiger partial charge in [0.05, 0.1) is 6.10 Å². The first kappa shape index (κ1) is 15.0. The number of benzene rings is 2. The van der Waals surface area contributed by atoms with Gasteiger partial charge in [0.25, 0.3) is 0 Å². The van der Waals surface area contributed by atoms with Crippen LogP contribution in [-0.2, 0) is 6.54 Å². The molecule has 1 fully saturated rings. The van der Waals surface area contributed by atoms with Gasteiger partial charge in [0.1, 0.15) is 5.82 Å². The molecule has 0 heterocycles. The van der Waals surface area contributed by atoms with Crippen LogP contribution in [0.1, 0.15) is 30.1 Å². The fourth-order valence-corrected chi connectivity index (χ4v) is 2.72. The number of hydrogen-bond acceptors (Lipinski definition) is 3. The molecule has 22 heavy (non-hydrogen) atoms. The van der Waals surface area contributed by atoms with E-state index >= 15 is 0 Å². The molecule has 116 valence electrons. The molecule has 4 heteroatoms. The fourth-order valence-electron chi connectivity index (χ4n) is 2.72. The number of hydrogen-bond donors (Lipinski definition) is 2. The van der Waals surface area contributed by atoms with Crippen molar-refractivity contribution in [1.29, 1.82) is 0 Å². The molecule has 2 aromatic carbocycles. The Labute approximate surface area is 130 Å². The second kappa shape index (κ2) is 6.46. The Bertz CT molecular complexity index is 625. The van der Waals surface area contributed by atoms with Crippen molar-refractivity contribution < 1.29 is 9.50 Å². The van der Waals surface area contributed by atoms with Gasteiger partial charge in [-0.15, -0.1) is 0 Å². The van der Waals surface area contributed by atoms with E-state index in [1.54, 1.807) is 12.1 Å². The number of nitrogens with two attached hydrogens (primary N) is 1. The van der Waals surface area contributed by atoms with Gasteiger partial charge >= 0.3 is 0 Å². The zero-order valence-electron chi connectivity index (χ0n) is 12.5. The van der Waals surface area contributed by atoms with Gasteiger partial charge < -0.3 is 10.8 Å². The highest BCUT2D eigenvalue weighted by atomic mass is 19.1. The molecule has 0 amide bonds. The largest absolute Gasteiger partial charge is 0.399 e. The van der Waals surface area contributed by atoms with Crippen LogP contribution in [0.25, 0.3) is 0 Å². The van der Waals surface area contributed by atoms with E-state index in [-0.39, 0.29) is 5.82 Å². The Morgan fingerprint density at radius 3 is 2.55 bits per heavy atom. The number of rotatable bonds is 6. The molecule has 0 spiro atoms. The van der Waals surface area contributed by atoms with Crippen LogP contribution < -0.4 is 5.73 Å². The highest BCUT2D eigenvalue weighted by molar-refractivity contribution is 5.40. The number of anilines is 1. The average Bonchev–Trinajstić information content (AvgIpc) is 3.32. The van der Waals surface area contributed by atoms with Gasteiger partial charge in [-0.3, -0.25) is 4.90 Å². The van der Waals surface area contributed by atoms with Crippen molar-refractivity contribution in [2.45, 2.75) is 31.5 Å². The lowest BCUT2D eigenvalue weighted by Crippen LogP contribution is -2.30. The first-order chi connectivity index (χ1) is 10.6. The van der Waals surface area contributed by atoms with Crippen molar-refractivity contribution in [2.24, 2.45) is 0 Å². The van der Waals surface area contributed by atoms with Crippen molar-refractivity contribution in [3.63, 3.8) is 0 Å². The number of aliphatic hydroxyl groups excluding tert-OH is 1. The van der Waals surface area contributed by atoms with Crippen LogP contribution in [0.5, 0.6) is 0 Å². The summed E-state index contributed by atoms with van der Waals surface area (Å²) in [6.45, 7) is 1.32. The summed E-state index contributed by atoms with van der Waals surface area (Å²) >= 11 is 0. The summed E-state index contributed by atoms with van der Waals surface area (Å²) < 4.78 is 13.0. The molecule has 1 atom stereocenters. The minimum absolute atomic E-state index is 0.283. The van der Waals surface area contributed by atoms with Gasteiger partial charge in [-0.05, 0) is 48.2 Å². The molecule has 1 aliphatic rings. The van der Waals surface area contributed by atoms with Crippen LogP contribution in [0.4, 0.5) is 10.1 Å². The number of aliphatic hydroxyl groups is 1. The molecule has 3 N–H and O–H groups in total. The maximum atomic E-state index is 13.0. The van der Waals surface area contributed by atoms with Crippen LogP contribution in [0.15, 0.2) is 48.5 Å². The van der Waals surface area contributed by atoms with Crippen LogP contribution in [0.3, 0.4) is 0 Å². The van der Waals surface area contributed by atoms with Crippen LogP contribution >= 0.6 is 0 Å². The lowest BCUT2D eigenvalue weighted by Gasteiger charge is -2.25. The highest BCUT2D eigenvalue weighted by Gasteiger charge is 2.30. The van der Waals surface area contributed by atoms with Crippen molar-refractivity contribution in [1.82, 2.24) is 4.90 Å². The van der Waals surface area contributed by atoms with Crippen LogP contribution in [0.2, 0.25) is 0 Å². The molecular weight excluding hydrogens is 279 g/mol. The summed E-state index contributed by atoms with van der Waals surface area (Å²) in [5.41, 5.74) is 8.49. The summed E-state index contributed by atoms with van der Waals surface area (Å²) in [7, 11) is 0. The minimum atomic E-state index is -0.609. The van der Waals surface area contributed by atoms with Crippen LogP contribution in [0, 0.1) is 5.82 Å². The van der Waals surface area contributed by atoms with Crippen molar-refractivity contribution in [3.8, 4) is 0 Å². The quantitative estimate of drug-likeness (QED) is 0.806. The third-order valence-corrected chi connectivity index (χ3v) is 4.06. The van der Waals surface area contributed by atoms with Crippen LogP contribution in [-0.4, -0.2) is 22.6 Å². The maximum Gasteiger partial charge on any atom is 0.123 e.